The number of nitrogens with zero attached hydrogens (tertiary/aromatic N) is 1. The lowest BCUT2D eigenvalue weighted by molar-refractivity contribution is 0.213. The first kappa shape index (κ1) is 14.2. The summed E-state index contributed by atoms with van der Waals surface area (Å²) in [5, 5.41) is 12.5. The molecule has 2 N–H and O–H groups in total. The highest BCUT2D eigenvalue weighted by Crippen LogP contribution is 2.23. The molecule has 5 nitrogen and oxygen atoms in total. The number of piperidine rings is 1. The van der Waals surface area contributed by atoms with Gasteiger partial charge in [-0.1, -0.05) is 0 Å². The Hall–Kier alpha value is -0.170. The zero-order chi connectivity index (χ0) is 13.0. The van der Waals surface area contributed by atoms with Crippen molar-refractivity contribution in [3.05, 3.63) is 0 Å². The van der Waals surface area contributed by atoms with Gasteiger partial charge in [0, 0.05) is 12.6 Å². The molecule has 0 spiro atoms. The molecule has 0 amide bonds. The number of aliphatic hydroxyl groups is 1. The van der Waals surface area contributed by atoms with Gasteiger partial charge in [0.1, 0.15) is 0 Å². The van der Waals surface area contributed by atoms with Crippen LogP contribution in [0, 0.1) is 5.92 Å². The van der Waals surface area contributed by atoms with E-state index in [4.69, 9.17) is 0 Å². The Bertz CT molecular complexity index is 352. The number of hydrogen-bond donors (Lipinski definition) is 2. The van der Waals surface area contributed by atoms with Crippen LogP contribution in [0.3, 0.4) is 0 Å². The van der Waals surface area contributed by atoms with Crippen molar-refractivity contribution in [2.45, 2.75) is 38.1 Å². The van der Waals surface area contributed by atoms with E-state index in [9.17, 15) is 13.5 Å². The first-order valence-corrected chi connectivity index (χ1v) is 8.55. The SMILES string of the molecule is O=S(=O)(CCC1CCNCC1)N1CCCC1CO. The van der Waals surface area contributed by atoms with Crippen LogP contribution in [0.25, 0.3) is 0 Å². The molecule has 2 aliphatic heterocycles. The summed E-state index contributed by atoms with van der Waals surface area (Å²) in [6, 6.07) is -0.178. The smallest absolute Gasteiger partial charge is 0.214 e. The molecule has 18 heavy (non-hydrogen) atoms. The normalized spacial score (nSPS) is 27.7. The second-order valence-corrected chi connectivity index (χ2v) is 7.43. The number of rotatable bonds is 5. The van der Waals surface area contributed by atoms with Crippen molar-refractivity contribution < 1.29 is 13.5 Å². The minimum absolute atomic E-state index is 0.0490. The number of hydrogen-bond acceptors (Lipinski definition) is 4. The van der Waals surface area contributed by atoms with Gasteiger partial charge in [0.05, 0.1) is 12.4 Å². The standard InChI is InChI=1S/C12H24N2O3S/c15-10-12-2-1-8-14(12)18(16,17)9-5-11-3-6-13-7-4-11/h11-13,15H,1-10H2. The van der Waals surface area contributed by atoms with Crippen LogP contribution in [-0.4, -0.2) is 55.9 Å². The molecule has 0 aliphatic carbocycles. The third kappa shape index (κ3) is 3.44. The van der Waals surface area contributed by atoms with Crippen LogP contribution >= 0.6 is 0 Å². The second-order valence-electron chi connectivity index (χ2n) is 5.39. The lowest BCUT2D eigenvalue weighted by Crippen LogP contribution is -2.39. The van der Waals surface area contributed by atoms with Crippen LogP contribution in [0.2, 0.25) is 0 Å². The van der Waals surface area contributed by atoms with Gasteiger partial charge in [-0.15, -0.1) is 0 Å². The van der Waals surface area contributed by atoms with Crippen LogP contribution in [0.15, 0.2) is 0 Å². The van der Waals surface area contributed by atoms with Crippen LogP contribution < -0.4 is 5.32 Å². The van der Waals surface area contributed by atoms with Crippen LogP contribution in [0.1, 0.15) is 32.1 Å². The fourth-order valence-electron chi connectivity index (χ4n) is 2.96. The minimum atomic E-state index is -3.17. The zero-order valence-corrected chi connectivity index (χ0v) is 11.7. The van der Waals surface area contributed by atoms with Crippen LogP contribution in [0.5, 0.6) is 0 Å². The van der Waals surface area contributed by atoms with Crippen molar-refractivity contribution in [1.82, 2.24) is 9.62 Å². The van der Waals surface area contributed by atoms with Crippen molar-refractivity contribution in [1.29, 1.82) is 0 Å². The Balaban J connectivity index is 1.86. The molecule has 0 radical (unpaired) electrons. The zero-order valence-electron chi connectivity index (χ0n) is 10.8. The molecule has 6 heteroatoms. The maximum atomic E-state index is 12.2. The molecule has 2 saturated heterocycles. The summed E-state index contributed by atoms with van der Waals surface area (Å²) >= 11 is 0. The molecule has 1 unspecified atom stereocenters. The summed E-state index contributed by atoms with van der Waals surface area (Å²) in [5.74, 6) is 0.782. The molecule has 2 heterocycles. The monoisotopic (exact) mass is 276 g/mol. The van der Waals surface area contributed by atoms with Gasteiger partial charge >= 0.3 is 0 Å². The van der Waals surface area contributed by atoms with Gasteiger partial charge in [-0.05, 0) is 51.1 Å². The molecule has 0 bridgehead atoms. The van der Waals surface area contributed by atoms with Gasteiger partial charge in [0.15, 0.2) is 0 Å². The van der Waals surface area contributed by atoms with Gasteiger partial charge in [0.2, 0.25) is 10.0 Å². The third-order valence-electron chi connectivity index (χ3n) is 4.13. The highest BCUT2D eigenvalue weighted by molar-refractivity contribution is 7.89. The van der Waals surface area contributed by atoms with Gasteiger partial charge in [-0.25, -0.2) is 8.42 Å². The van der Waals surface area contributed by atoms with Crippen LogP contribution in [-0.2, 0) is 10.0 Å². The number of sulfonamides is 1. The Kier molecular flexibility index (Phi) is 5.00. The Labute approximate surface area is 110 Å². The summed E-state index contributed by atoms with van der Waals surface area (Å²) in [7, 11) is -3.17. The molecular weight excluding hydrogens is 252 g/mol. The molecule has 0 saturated carbocycles. The van der Waals surface area contributed by atoms with E-state index in [1.54, 1.807) is 0 Å². The third-order valence-corrected chi connectivity index (χ3v) is 6.08. The molecule has 2 aliphatic rings. The molecule has 0 aromatic heterocycles. The highest BCUT2D eigenvalue weighted by atomic mass is 32.2. The van der Waals surface area contributed by atoms with Gasteiger partial charge in [-0.2, -0.15) is 4.31 Å². The molecule has 0 aromatic carbocycles. The molecule has 1 atom stereocenters. The summed E-state index contributed by atoms with van der Waals surface area (Å²) < 4.78 is 26.0. The van der Waals surface area contributed by atoms with E-state index in [2.05, 4.69) is 5.32 Å². The van der Waals surface area contributed by atoms with E-state index < -0.39 is 10.0 Å². The van der Waals surface area contributed by atoms with E-state index in [-0.39, 0.29) is 18.4 Å². The summed E-state index contributed by atoms with van der Waals surface area (Å²) in [5.41, 5.74) is 0. The predicted octanol–water partition coefficient (Wildman–Crippen LogP) is 0.163. The largest absolute Gasteiger partial charge is 0.395 e. The van der Waals surface area contributed by atoms with Gasteiger partial charge in [-0.3, -0.25) is 0 Å². The number of nitrogens with one attached hydrogen (secondary N) is 1. The van der Waals surface area contributed by atoms with Gasteiger partial charge < -0.3 is 10.4 Å². The predicted molar refractivity (Wildman–Crippen MR) is 70.8 cm³/mol. The van der Waals surface area contributed by atoms with Gasteiger partial charge in [0.25, 0.3) is 0 Å². The Morgan fingerprint density at radius 3 is 2.61 bits per heavy atom. The van der Waals surface area contributed by atoms with Crippen molar-refractivity contribution in [2.24, 2.45) is 5.92 Å². The van der Waals surface area contributed by atoms with Crippen molar-refractivity contribution in [3.8, 4) is 0 Å². The van der Waals surface area contributed by atoms with E-state index in [1.165, 1.54) is 4.31 Å². The molecule has 0 aromatic rings. The molecular formula is C12H24N2O3S. The van der Waals surface area contributed by atoms with E-state index in [1.807, 2.05) is 0 Å². The molecule has 2 rings (SSSR count). The molecule has 2 fully saturated rings. The second kappa shape index (κ2) is 6.32. The Morgan fingerprint density at radius 2 is 1.94 bits per heavy atom. The Morgan fingerprint density at radius 1 is 1.22 bits per heavy atom. The summed E-state index contributed by atoms with van der Waals surface area (Å²) in [6.07, 6.45) is 4.59. The van der Waals surface area contributed by atoms with E-state index >= 15 is 0 Å². The van der Waals surface area contributed by atoms with E-state index in [0.29, 0.717) is 12.5 Å². The number of aliphatic hydroxyl groups excluding tert-OH is 1. The summed E-state index contributed by atoms with van der Waals surface area (Å²) in [4.78, 5) is 0. The average Bonchev–Trinajstić information content (AvgIpc) is 2.87. The first-order valence-electron chi connectivity index (χ1n) is 6.94. The molecule has 106 valence electrons. The fourth-order valence-corrected chi connectivity index (χ4v) is 4.86. The highest BCUT2D eigenvalue weighted by Gasteiger charge is 2.33. The maximum Gasteiger partial charge on any atom is 0.214 e. The van der Waals surface area contributed by atoms with Crippen molar-refractivity contribution in [3.63, 3.8) is 0 Å². The maximum absolute atomic E-state index is 12.2. The van der Waals surface area contributed by atoms with Crippen molar-refractivity contribution in [2.75, 3.05) is 32.0 Å². The van der Waals surface area contributed by atoms with E-state index in [0.717, 1.165) is 45.2 Å². The minimum Gasteiger partial charge on any atom is -0.395 e. The first-order chi connectivity index (χ1) is 8.63. The summed E-state index contributed by atoms with van der Waals surface area (Å²) in [6.45, 7) is 2.55. The van der Waals surface area contributed by atoms with Crippen molar-refractivity contribution >= 4 is 10.0 Å². The van der Waals surface area contributed by atoms with Crippen LogP contribution in [0.4, 0.5) is 0 Å². The fraction of sp³-hybridized carbons (Fsp3) is 1.00. The lowest BCUT2D eigenvalue weighted by atomic mass is 9.96. The average molecular weight is 276 g/mol. The quantitative estimate of drug-likeness (QED) is 0.750. The topological polar surface area (TPSA) is 69.6 Å². The lowest BCUT2D eigenvalue weighted by Gasteiger charge is -2.25.